The number of halogens is 1. The minimum absolute atomic E-state index is 0.757. The van der Waals surface area contributed by atoms with Crippen LogP contribution in [0, 0.1) is 0 Å². The Morgan fingerprint density at radius 2 is 1.33 bits per heavy atom. The average Bonchev–Trinajstić information content (AvgIpc) is 2.22. The van der Waals surface area contributed by atoms with Crippen LogP contribution in [0.3, 0.4) is 0 Å². The van der Waals surface area contributed by atoms with Gasteiger partial charge in [-0.25, -0.2) is 0 Å². The SMILES string of the molecule is CCCCCCCCCCN(C)CCCl. The third-order valence-electron chi connectivity index (χ3n) is 2.86. The topological polar surface area (TPSA) is 3.24 Å². The molecule has 15 heavy (non-hydrogen) atoms. The predicted octanol–water partition coefficient (Wildman–Crippen LogP) is 4.30. The Hall–Kier alpha value is 0.250. The number of hydrogen-bond acceptors (Lipinski definition) is 1. The summed E-state index contributed by atoms with van der Waals surface area (Å²) in [6, 6.07) is 0. The molecule has 0 radical (unpaired) electrons. The van der Waals surface area contributed by atoms with Crippen molar-refractivity contribution < 1.29 is 0 Å². The third kappa shape index (κ3) is 12.2. The molecule has 2 heteroatoms. The molecule has 0 atom stereocenters. The second-order valence-electron chi connectivity index (χ2n) is 4.47. The summed E-state index contributed by atoms with van der Waals surface area (Å²) in [5.74, 6) is 0.757. The Morgan fingerprint density at radius 3 is 1.87 bits per heavy atom. The first-order chi connectivity index (χ1) is 7.31. The van der Waals surface area contributed by atoms with E-state index in [1.807, 2.05) is 0 Å². The molecular formula is C13H28ClN. The second kappa shape index (κ2) is 12.3. The quantitative estimate of drug-likeness (QED) is 0.380. The minimum Gasteiger partial charge on any atom is -0.305 e. The van der Waals surface area contributed by atoms with Gasteiger partial charge >= 0.3 is 0 Å². The molecule has 0 heterocycles. The van der Waals surface area contributed by atoms with E-state index in [0.717, 1.165) is 12.4 Å². The number of alkyl halides is 1. The zero-order valence-corrected chi connectivity index (χ0v) is 11.4. The van der Waals surface area contributed by atoms with E-state index in [1.54, 1.807) is 0 Å². The lowest BCUT2D eigenvalue weighted by Gasteiger charge is -2.14. The predicted molar refractivity (Wildman–Crippen MR) is 70.8 cm³/mol. The maximum Gasteiger partial charge on any atom is 0.0351 e. The molecule has 1 nitrogen and oxygen atoms in total. The van der Waals surface area contributed by atoms with Crippen molar-refractivity contribution in [3.05, 3.63) is 0 Å². The summed E-state index contributed by atoms with van der Waals surface area (Å²) in [6.45, 7) is 4.51. The van der Waals surface area contributed by atoms with Crippen molar-refractivity contribution >= 4 is 11.6 Å². The lowest BCUT2D eigenvalue weighted by Crippen LogP contribution is -2.21. The fraction of sp³-hybridized carbons (Fsp3) is 1.00. The first kappa shape index (κ1) is 15.2. The maximum atomic E-state index is 5.67. The minimum atomic E-state index is 0.757. The summed E-state index contributed by atoms with van der Waals surface area (Å²) in [6.07, 6.45) is 11.2. The summed E-state index contributed by atoms with van der Waals surface area (Å²) in [7, 11) is 2.16. The lowest BCUT2D eigenvalue weighted by atomic mass is 10.1. The van der Waals surface area contributed by atoms with Crippen molar-refractivity contribution in [3.63, 3.8) is 0 Å². The Kier molecular flexibility index (Phi) is 12.5. The summed E-state index contributed by atoms with van der Waals surface area (Å²) in [4.78, 5) is 2.32. The first-order valence-electron chi connectivity index (χ1n) is 6.55. The molecule has 0 aromatic rings. The highest BCUT2D eigenvalue weighted by atomic mass is 35.5. The van der Waals surface area contributed by atoms with Crippen LogP contribution in [0.5, 0.6) is 0 Å². The van der Waals surface area contributed by atoms with Gasteiger partial charge in [-0.05, 0) is 20.0 Å². The summed E-state index contributed by atoms with van der Waals surface area (Å²) < 4.78 is 0. The summed E-state index contributed by atoms with van der Waals surface area (Å²) in [5, 5.41) is 0. The molecule has 0 saturated heterocycles. The Morgan fingerprint density at radius 1 is 0.800 bits per heavy atom. The van der Waals surface area contributed by atoms with Crippen LogP contribution < -0.4 is 0 Å². The molecule has 92 valence electrons. The molecule has 0 fully saturated rings. The van der Waals surface area contributed by atoms with Gasteiger partial charge in [-0.2, -0.15) is 0 Å². The highest BCUT2D eigenvalue weighted by Gasteiger charge is 1.96. The van der Waals surface area contributed by atoms with Gasteiger partial charge in [-0.1, -0.05) is 51.9 Å². The summed E-state index contributed by atoms with van der Waals surface area (Å²) >= 11 is 5.67. The zero-order valence-electron chi connectivity index (χ0n) is 10.6. The first-order valence-corrected chi connectivity index (χ1v) is 7.09. The van der Waals surface area contributed by atoms with Crippen LogP contribution in [-0.2, 0) is 0 Å². The number of nitrogens with zero attached hydrogens (tertiary/aromatic N) is 1. The van der Waals surface area contributed by atoms with Crippen LogP contribution in [-0.4, -0.2) is 30.9 Å². The van der Waals surface area contributed by atoms with E-state index in [4.69, 9.17) is 11.6 Å². The second-order valence-corrected chi connectivity index (χ2v) is 4.85. The monoisotopic (exact) mass is 233 g/mol. The number of unbranched alkanes of at least 4 members (excludes halogenated alkanes) is 7. The maximum absolute atomic E-state index is 5.67. The third-order valence-corrected chi connectivity index (χ3v) is 3.03. The smallest absolute Gasteiger partial charge is 0.0351 e. The molecule has 0 saturated carbocycles. The molecule has 0 aliphatic heterocycles. The molecule has 0 aliphatic rings. The largest absolute Gasteiger partial charge is 0.305 e. The van der Waals surface area contributed by atoms with Crippen molar-refractivity contribution in [1.82, 2.24) is 4.90 Å². The van der Waals surface area contributed by atoms with Gasteiger partial charge in [0.05, 0.1) is 0 Å². The van der Waals surface area contributed by atoms with Crippen LogP contribution in [0.15, 0.2) is 0 Å². The van der Waals surface area contributed by atoms with E-state index in [9.17, 15) is 0 Å². The van der Waals surface area contributed by atoms with E-state index in [1.165, 1.54) is 57.9 Å². The normalized spacial score (nSPS) is 11.2. The Bertz CT molecular complexity index is 117. The van der Waals surface area contributed by atoms with Crippen molar-refractivity contribution in [3.8, 4) is 0 Å². The summed E-state index contributed by atoms with van der Waals surface area (Å²) in [5.41, 5.74) is 0. The van der Waals surface area contributed by atoms with E-state index >= 15 is 0 Å². The van der Waals surface area contributed by atoms with Crippen LogP contribution >= 0.6 is 11.6 Å². The van der Waals surface area contributed by atoms with Crippen LogP contribution in [0.4, 0.5) is 0 Å². The Labute approximate surface area is 101 Å². The molecule has 0 unspecified atom stereocenters. The van der Waals surface area contributed by atoms with Crippen LogP contribution in [0.25, 0.3) is 0 Å². The molecule has 0 spiro atoms. The van der Waals surface area contributed by atoms with Crippen molar-refractivity contribution in [2.75, 3.05) is 26.0 Å². The van der Waals surface area contributed by atoms with Gasteiger partial charge in [0.25, 0.3) is 0 Å². The molecule has 0 bridgehead atoms. The van der Waals surface area contributed by atoms with E-state index in [2.05, 4.69) is 18.9 Å². The van der Waals surface area contributed by atoms with Gasteiger partial charge in [0.1, 0.15) is 0 Å². The zero-order chi connectivity index (χ0) is 11.4. The molecule has 0 aliphatic carbocycles. The van der Waals surface area contributed by atoms with E-state index < -0.39 is 0 Å². The number of hydrogen-bond donors (Lipinski definition) is 0. The van der Waals surface area contributed by atoms with Gasteiger partial charge < -0.3 is 4.90 Å². The van der Waals surface area contributed by atoms with Gasteiger partial charge in [0.15, 0.2) is 0 Å². The average molecular weight is 234 g/mol. The highest BCUT2D eigenvalue weighted by molar-refractivity contribution is 6.18. The fourth-order valence-electron chi connectivity index (χ4n) is 1.77. The van der Waals surface area contributed by atoms with Crippen LogP contribution in [0.1, 0.15) is 58.3 Å². The molecule has 0 N–H and O–H groups in total. The van der Waals surface area contributed by atoms with Crippen molar-refractivity contribution in [1.29, 1.82) is 0 Å². The van der Waals surface area contributed by atoms with Gasteiger partial charge in [0, 0.05) is 12.4 Å². The Balaban J connectivity index is 2.98. The van der Waals surface area contributed by atoms with Gasteiger partial charge in [-0.15, -0.1) is 11.6 Å². The van der Waals surface area contributed by atoms with E-state index in [0.29, 0.717) is 0 Å². The van der Waals surface area contributed by atoms with Crippen molar-refractivity contribution in [2.24, 2.45) is 0 Å². The highest BCUT2D eigenvalue weighted by Crippen LogP contribution is 2.08. The molecule has 0 aromatic carbocycles. The van der Waals surface area contributed by atoms with E-state index in [-0.39, 0.29) is 0 Å². The van der Waals surface area contributed by atoms with Crippen molar-refractivity contribution in [2.45, 2.75) is 58.3 Å². The fourth-order valence-corrected chi connectivity index (χ4v) is 2.06. The standard InChI is InChI=1S/C13H28ClN/c1-3-4-5-6-7-8-9-10-12-15(2)13-11-14/h3-13H2,1-2H3. The lowest BCUT2D eigenvalue weighted by molar-refractivity contribution is 0.342. The van der Waals surface area contributed by atoms with Gasteiger partial charge in [0.2, 0.25) is 0 Å². The molecular weight excluding hydrogens is 206 g/mol. The van der Waals surface area contributed by atoms with Crippen LogP contribution in [0.2, 0.25) is 0 Å². The molecule has 0 rings (SSSR count). The number of rotatable bonds is 11. The molecule has 0 aromatic heterocycles. The molecule has 0 amide bonds. The van der Waals surface area contributed by atoms with Gasteiger partial charge in [-0.3, -0.25) is 0 Å².